The number of sulfonamides is 1. The van der Waals surface area contributed by atoms with E-state index in [1.54, 1.807) is 54.0 Å². The maximum absolute atomic E-state index is 12.7. The van der Waals surface area contributed by atoms with Crippen molar-refractivity contribution in [3.63, 3.8) is 0 Å². The molecule has 0 aliphatic heterocycles. The van der Waals surface area contributed by atoms with Crippen LogP contribution in [0.1, 0.15) is 23.0 Å². The summed E-state index contributed by atoms with van der Waals surface area (Å²) in [5.74, 6) is -0.418. The fourth-order valence-corrected chi connectivity index (χ4v) is 3.48. The molecule has 1 aromatic heterocycles. The second-order valence-corrected chi connectivity index (χ2v) is 8.07. The molecule has 0 fully saturated rings. The topological polar surface area (TPSA) is 110 Å². The van der Waals surface area contributed by atoms with E-state index in [-0.39, 0.29) is 11.2 Å². The van der Waals surface area contributed by atoms with Gasteiger partial charge in [-0.15, -0.1) is 0 Å². The van der Waals surface area contributed by atoms with Crippen LogP contribution in [-0.2, 0) is 16.6 Å². The summed E-state index contributed by atoms with van der Waals surface area (Å²) < 4.78 is 27.0. The summed E-state index contributed by atoms with van der Waals surface area (Å²) in [5.41, 5.74) is 2.33. The van der Waals surface area contributed by atoms with Crippen molar-refractivity contribution in [1.29, 1.82) is 0 Å². The third-order valence-electron chi connectivity index (χ3n) is 4.16. The molecule has 9 heteroatoms. The number of anilines is 2. The van der Waals surface area contributed by atoms with E-state index in [0.29, 0.717) is 34.5 Å². The number of para-hydroxylation sites is 2. The van der Waals surface area contributed by atoms with E-state index in [1.165, 1.54) is 0 Å². The summed E-state index contributed by atoms with van der Waals surface area (Å²) in [6, 6.07) is 11.4. The molecule has 1 heterocycles. The molecular weight excluding hydrogens is 380 g/mol. The molecule has 146 valence electrons. The van der Waals surface area contributed by atoms with Gasteiger partial charge >= 0.3 is 0 Å². The quantitative estimate of drug-likeness (QED) is 0.683. The van der Waals surface area contributed by atoms with E-state index in [9.17, 15) is 18.0 Å². The van der Waals surface area contributed by atoms with Gasteiger partial charge in [0.25, 0.3) is 11.5 Å². The zero-order chi connectivity index (χ0) is 20.5. The number of carbonyl (C=O) groups excluding carboxylic acids is 1. The molecule has 2 aromatic carbocycles. The summed E-state index contributed by atoms with van der Waals surface area (Å²) >= 11 is 0. The van der Waals surface area contributed by atoms with E-state index in [1.807, 2.05) is 6.92 Å². The number of aromatic nitrogens is 2. The lowest BCUT2D eigenvalue weighted by Gasteiger charge is -2.13. The van der Waals surface area contributed by atoms with Gasteiger partial charge in [-0.2, -0.15) is 0 Å². The Morgan fingerprint density at radius 2 is 1.82 bits per heavy atom. The van der Waals surface area contributed by atoms with Gasteiger partial charge in [0.1, 0.15) is 5.69 Å². The van der Waals surface area contributed by atoms with Crippen LogP contribution >= 0.6 is 0 Å². The van der Waals surface area contributed by atoms with E-state index >= 15 is 0 Å². The molecular formula is C19H20N4O4S. The molecule has 0 saturated heterocycles. The summed E-state index contributed by atoms with van der Waals surface area (Å²) in [4.78, 5) is 29.2. The van der Waals surface area contributed by atoms with Crippen LogP contribution in [0.3, 0.4) is 0 Å². The fourth-order valence-electron chi connectivity index (χ4n) is 2.90. The summed E-state index contributed by atoms with van der Waals surface area (Å²) in [6.07, 6.45) is 1.04. The molecule has 1 amide bonds. The number of fused-ring (bicyclic) bond motifs is 1. The lowest BCUT2D eigenvalue weighted by Crippen LogP contribution is -2.23. The maximum atomic E-state index is 12.7. The van der Waals surface area contributed by atoms with Gasteiger partial charge in [0.15, 0.2) is 0 Å². The maximum Gasteiger partial charge on any atom is 0.272 e. The summed E-state index contributed by atoms with van der Waals surface area (Å²) in [5, 5.41) is 2.71. The molecule has 28 heavy (non-hydrogen) atoms. The molecule has 3 rings (SSSR count). The van der Waals surface area contributed by atoms with Gasteiger partial charge in [-0.1, -0.05) is 12.1 Å². The number of benzene rings is 2. The number of carbonyl (C=O) groups is 1. The Hall–Kier alpha value is -3.20. The molecule has 0 aliphatic carbocycles. The molecule has 0 spiro atoms. The number of aryl methyl sites for hydroxylation is 2. The minimum absolute atomic E-state index is 0.159. The summed E-state index contributed by atoms with van der Waals surface area (Å²) in [7, 11) is -3.49. The zero-order valence-electron chi connectivity index (χ0n) is 15.7. The molecule has 0 aliphatic rings. The highest BCUT2D eigenvalue weighted by molar-refractivity contribution is 7.92. The predicted molar refractivity (Wildman–Crippen MR) is 109 cm³/mol. The van der Waals surface area contributed by atoms with Crippen LogP contribution in [0.25, 0.3) is 11.0 Å². The van der Waals surface area contributed by atoms with Gasteiger partial charge in [-0.25, -0.2) is 13.4 Å². The zero-order valence-corrected chi connectivity index (χ0v) is 16.5. The van der Waals surface area contributed by atoms with Crippen LogP contribution < -0.4 is 15.6 Å². The average Bonchev–Trinajstić information content (AvgIpc) is 2.63. The molecule has 8 nitrogen and oxygen atoms in total. The first-order valence-corrected chi connectivity index (χ1v) is 10.5. The average molecular weight is 400 g/mol. The number of hydrogen-bond acceptors (Lipinski definition) is 5. The molecule has 0 atom stereocenters. The highest BCUT2D eigenvalue weighted by atomic mass is 32.2. The van der Waals surface area contributed by atoms with Crippen molar-refractivity contribution in [2.75, 3.05) is 16.3 Å². The predicted octanol–water partition coefficient (Wildman–Crippen LogP) is 2.35. The third kappa shape index (κ3) is 4.04. The number of amides is 1. The van der Waals surface area contributed by atoms with Crippen molar-refractivity contribution in [3.05, 3.63) is 64.1 Å². The second kappa shape index (κ2) is 7.43. The summed E-state index contributed by atoms with van der Waals surface area (Å²) in [6.45, 7) is 4.00. The Labute approximate surface area is 162 Å². The highest BCUT2D eigenvalue weighted by Crippen LogP contribution is 2.23. The van der Waals surface area contributed by atoms with Crippen LogP contribution in [0.2, 0.25) is 0 Å². The number of rotatable bonds is 5. The van der Waals surface area contributed by atoms with Crippen molar-refractivity contribution >= 4 is 38.3 Å². The molecule has 2 N–H and O–H groups in total. The minimum Gasteiger partial charge on any atom is -0.320 e. The molecule has 3 aromatic rings. The molecule has 0 bridgehead atoms. The van der Waals surface area contributed by atoms with E-state index < -0.39 is 15.9 Å². The van der Waals surface area contributed by atoms with Crippen LogP contribution in [-0.4, -0.2) is 30.1 Å². The monoisotopic (exact) mass is 400 g/mol. The normalized spacial score (nSPS) is 11.4. The first-order valence-electron chi connectivity index (χ1n) is 8.59. The fraction of sp³-hybridized carbons (Fsp3) is 0.211. The first kappa shape index (κ1) is 19.6. The van der Waals surface area contributed by atoms with Crippen molar-refractivity contribution in [3.8, 4) is 0 Å². The van der Waals surface area contributed by atoms with Gasteiger partial charge in [0.2, 0.25) is 10.0 Å². The van der Waals surface area contributed by atoms with Gasteiger partial charge in [0, 0.05) is 12.1 Å². The van der Waals surface area contributed by atoms with Gasteiger partial charge in [0.05, 0.1) is 28.7 Å². The Bertz CT molecular complexity index is 1230. The standard InChI is InChI=1S/C19H20N4O4S/c1-4-23-17-10-9-13(11-16(17)20-12(2)19(23)25)18(24)21-14-7-5-6-8-15(14)22-28(3,26)27/h5-11,22H,4H2,1-3H3,(H,21,24). The third-order valence-corrected chi connectivity index (χ3v) is 4.75. The van der Waals surface area contributed by atoms with Crippen molar-refractivity contribution in [1.82, 2.24) is 9.55 Å². The number of nitrogens with zero attached hydrogens (tertiary/aromatic N) is 2. The molecule has 0 saturated carbocycles. The Morgan fingerprint density at radius 1 is 1.14 bits per heavy atom. The minimum atomic E-state index is -3.49. The Morgan fingerprint density at radius 3 is 2.46 bits per heavy atom. The van der Waals surface area contributed by atoms with Crippen molar-refractivity contribution in [2.45, 2.75) is 20.4 Å². The van der Waals surface area contributed by atoms with E-state index in [0.717, 1.165) is 6.26 Å². The molecule has 0 unspecified atom stereocenters. The van der Waals surface area contributed by atoms with E-state index in [4.69, 9.17) is 0 Å². The van der Waals surface area contributed by atoms with Crippen molar-refractivity contribution in [2.24, 2.45) is 0 Å². The second-order valence-electron chi connectivity index (χ2n) is 6.32. The van der Waals surface area contributed by atoms with Gasteiger partial charge in [-0.05, 0) is 44.2 Å². The van der Waals surface area contributed by atoms with Crippen molar-refractivity contribution < 1.29 is 13.2 Å². The van der Waals surface area contributed by atoms with Crippen LogP contribution in [0.5, 0.6) is 0 Å². The Kier molecular flexibility index (Phi) is 5.19. The van der Waals surface area contributed by atoms with E-state index in [2.05, 4.69) is 15.0 Å². The lowest BCUT2D eigenvalue weighted by atomic mass is 10.1. The largest absolute Gasteiger partial charge is 0.320 e. The SMILES string of the molecule is CCn1c(=O)c(C)nc2cc(C(=O)Nc3ccccc3NS(C)(=O)=O)ccc21. The number of hydrogen-bond donors (Lipinski definition) is 2. The Balaban J connectivity index is 1.97. The van der Waals surface area contributed by atoms with Gasteiger partial charge in [-0.3, -0.25) is 14.3 Å². The molecule has 0 radical (unpaired) electrons. The van der Waals surface area contributed by atoms with Crippen LogP contribution in [0, 0.1) is 6.92 Å². The smallest absolute Gasteiger partial charge is 0.272 e. The number of nitrogens with one attached hydrogen (secondary N) is 2. The van der Waals surface area contributed by atoms with Crippen LogP contribution in [0.15, 0.2) is 47.3 Å². The highest BCUT2D eigenvalue weighted by Gasteiger charge is 2.14. The van der Waals surface area contributed by atoms with Gasteiger partial charge < -0.3 is 9.88 Å². The first-order chi connectivity index (χ1) is 13.2. The van der Waals surface area contributed by atoms with Crippen LogP contribution in [0.4, 0.5) is 11.4 Å². The lowest BCUT2D eigenvalue weighted by molar-refractivity contribution is 0.102.